The van der Waals surface area contributed by atoms with Crippen molar-refractivity contribution in [3.8, 4) is 0 Å². The number of piperidine rings is 1. The van der Waals surface area contributed by atoms with Crippen LogP contribution in [0.2, 0.25) is 0 Å². The van der Waals surface area contributed by atoms with E-state index in [1.54, 1.807) is 56.0 Å². The molecule has 1 aromatic carbocycles. The molecule has 0 radical (unpaired) electrons. The highest BCUT2D eigenvalue weighted by Crippen LogP contribution is 2.22. The van der Waals surface area contributed by atoms with Crippen LogP contribution >= 0.6 is 0 Å². The first-order valence-electron chi connectivity index (χ1n) is 29.1. The number of hydrogen-bond acceptors (Lipinski definition) is 12. The lowest BCUT2D eigenvalue weighted by atomic mass is 9.95. The zero-order valence-electron chi connectivity index (χ0n) is 51.8. The summed E-state index contributed by atoms with van der Waals surface area (Å²) in [5.41, 5.74) is 0.652. The zero-order chi connectivity index (χ0) is 62.2. The van der Waals surface area contributed by atoms with E-state index in [4.69, 9.17) is 0 Å². The third-order valence-corrected chi connectivity index (χ3v) is 16.1. The van der Waals surface area contributed by atoms with Gasteiger partial charge in [-0.3, -0.25) is 52.7 Å². The summed E-state index contributed by atoms with van der Waals surface area (Å²) in [4.78, 5) is 168. The molecule has 23 heteroatoms. The van der Waals surface area contributed by atoms with Gasteiger partial charge < -0.3 is 60.7 Å². The number of carbonyl (C=O) groups is 11. The molecule has 0 aromatic heterocycles. The lowest BCUT2D eigenvalue weighted by Crippen LogP contribution is -2.62. The average Bonchev–Trinajstić information content (AvgIpc) is 3.65. The van der Waals surface area contributed by atoms with E-state index < -0.39 is 150 Å². The average molecular weight is 1150 g/mol. The SMILES string of the molecule is CC[C@H](C)[C@@H]1NC(=O)[C@H](CC(C)C)N(C)C(=O)[C@H](CC(C)C)N(C)C(=O)[C@H](C)N(C)C(=O)[C@H]([C@@H](C)O)NC(=O)[C@H](C(C)C)N(C)C(=O)[C@H](Cc2ccccc2)NC(=O)CN(C)C(=O)[C@H](C)N(C)C(=O)C[C@@H](C(=O)N2CCCCC2)NC1=O. The summed E-state index contributed by atoms with van der Waals surface area (Å²) in [6, 6.07) is -2.91. The van der Waals surface area contributed by atoms with Crippen LogP contribution < -0.4 is 21.3 Å². The maximum Gasteiger partial charge on any atom is 0.248 e. The van der Waals surface area contributed by atoms with Gasteiger partial charge in [-0.2, -0.15) is 0 Å². The molecule has 5 N–H and O–H groups in total. The Bertz CT molecular complexity index is 2400. The van der Waals surface area contributed by atoms with Crippen molar-refractivity contribution >= 4 is 65.0 Å². The summed E-state index contributed by atoms with van der Waals surface area (Å²) >= 11 is 0. The second-order valence-electron chi connectivity index (χ2n) is 23.9. The summed E-state index contributed by atoms with van der Waals surface area (Å²) in [5.74, 6) is -9.15. The van der Waals surface area contributed by atoms with E-state index >= 15 is 0 Å². The van der Waals surface area contributed by atoms with Crippen LogP contribution in [0, 0.1) is 23.7 Å². The monoisotopic (exact) mass is 1150 g/mol. The van der Waals surface area contributed by atoms with Crippen LogP contribution in [0.25, 0.3) is 0 Å². The molecule has 0 aliphatic carbocycles. The minimum Gasteiger partial charge on any atom is -0.391 e. The Balaban J connectivity index is 2.25. The molecule has 3 rings (SSSR count). The fraction of sp³-hybridized carbons (Fsp3) is 0.712. The number of likely N-dealkylation sites (N-methyl/N-ethyl adjacent to an activating group) is 6. The molecule has 11 amide bonds. The number of aliphatic hydroxyl groups excluding tert-OH is 1. The van der Waals surface area contributed by atoms with Gasteiger partial charge in [-0.15, -0.1) is 0 Å². The Morgan fingerprint density at radius 2 is 1.12 bits per heavy atom. The van der Waals surface area contributed by atoms with Crippen LogP contribution in [-0.4, -0.2) is 227 Å². The van der Waals surface area contributed by atoms with Crippen molar-refractivity contribution in [1.29, 1.82) is 0 Å². The molecule has 1 aromatic rings. The van der Waals surface area contributed by atoms with Gasteiger partial charge >= 0.3 is 0 Å². The fourth-order valence-corrected chi connectivity index (χ4v) is 10.5. The van der Waals surface area contributed by atoms with Crippen LogP contribution in [-0.2, 0) is 59.2 Å². The highest BCUT2D eigenvalue weighted by Gasteiger charge is 2.43. The molecule has 2 aliphatic heterocycles. The van der Waals surface area contributed by atoms with E-state index in [2.05, 4.69) is 21.3 Å². The highest BCUT2D eigenvalue weighted by atomic mass is 16.3. The molecule has 0 saturated carbocycles. The Hall–Kier alpha value is -6.65. The van der Waals surface area contributed by atoms with Crippen LogP contribution in [0.4, 0.5) is 0 Å². The van der Waals surface area contributed by atoms with Crippen molar-refractivity contribution < 1.29 is 57.8 Å². The van der Waals surface area contributed by atoms with Crippen molar-refractivity contribution in [3.63, 3.8) is 0 Å². The predicted molar refractivity (Wildman–Crippen MR) is 310 cm³/mol. The summed E-state index contributed by atoms with van der Waals surface area (Å²) in [6.07, 6.45) is 0.844. The number of benzene rings is 1. The van der Waals surface area contributed by atoms with E-state index in [0.29, 0.717) is 37.9 Å². The van der Waals surface area contributed by atoms with Gasteiger partial charge in [0, 0.05) is 61.8 Å². The second-order valence-corrected chi connectivity index (χ2v) is 23.9. The molecular formula is C59H97N11O12. The second kappa shape index (κ2) is 31.7. The first kappa shape index (κ1) is 69.6. The molecule has 2 heterocycles. The largest absolute Gasteiger partial charge is 0.391 e. The Kier molecular flexibility index (Phi) is 26.9. The first-order valence-corrected chi connectivity index (χ1v) is 29.1. The molecule has 23 nitrogen and oxygen atoms in total. The van der Waals surface area contributed by atoms with Crippen molar-refractivity contribution in [2.24, 2.45) is 23.7 Å². The van der Waals surface area contributed by atoms with Gasteiger partial charge in [0.2, 0.25) is 65.0 Å². The number of likely N-dealkylation sites (tertiary alicyclic amines) is 1. The standard InChI is InChI=1S/C59H97N11O12/c1-18-37(8)48-52(75)61-43(57(80)70-27-23-20-24-28-70)32-47(73)65(13)38(9)54(77)64(12)33-46(72)60-42(31-41-25-21-19-22-26-41)56(79)69(17)50(36(6)7)53(76)63-49(40(11)71)59(82)66(14)39(10)55(78)68(16)45(30-35(4)5)58(81)67(15)44(29-34(2)3)51(74)62-48/h19,21-22,25-26,34-40,42-45,48-50,71H,18,20,23-24,27-33H2,1-17H3,(H,60,72)(H,61,75)(H,62,74)(H,63,76)/t37-,38-,39-,40+,42-,43-,44-,45-,48-,49-,50-/m0/s1. The maximum atomic E-state index is 14.9. The summed E-state index contributed by atoms with van der Waals surface area (Å²) in [7, 11) is 8.28. The summed E-state index contributed by atoms with van der Waals surface area (Å²) in [6.45, 7) is 18.7. The molecular weight excluding hydrogens is 1050 g/mol. The Labute approximate surface area is 486 Å². The quantitative estimate of drug-likeness (QED) is 0.210. The van der Waals surface area contributed by atoms with Crippen molar-refractivity contribution in [1.82, 2.24) is 55.6 Å². The molecule has 460 valence electrons. The maximum absolute atomic E-state index is 14.9. The summed E-state index contributed by atoms with van der Waals surface area (Å²) < 4.78 is 0. The minimum absolute atomic E-state index is 0.0375. The highest BCUT2D eigenvalue weighted by molar-refractivity contribution is 5.99. The molecule has 0 spiro atoms. The first-order chi connectivity index (χ1) is 38.3. The number of rotatable bonds is 11. The van der Waals surface area contributed by atoms with Crippen molar-refractivity contribution in [2.45, 2.75) is 188 Å². The van der Waals surface area contributed by atoms with Crippen LogP contribution in [0.1, 0.15) is 127 Å². The van der Waals surface area contributed by atoms with Gasteiger partial charge in [-0.05, 0) is 82.1 Å². The van der Waals surface area contributed by atoms with Crippen LogP contribution in [0.15, 0.2) is 30.3 Å². The van der Waals surface area contributed by atoms with E-state index in [9.17, 15) is 57.8 Å². The van der Waals surface area contributed by atoms with E-state index in [1.807, 2.05) is 34.6 Å². The topological polar surface area (TPSA) is 279 Å². The van der Waals surface area contributed by atoms with Gasteiger partial charge in [-0.25, -0.2) is 0 Å². The number of nitrogens with zero attached hydrogens (tertiary/aromatic N) is 7. The van der Waals surface area contributed by atoms with Gasteiger partial charge in [0.1, 0.15) is 54.4 Å². The Morgan fingerprint density at radius 1 is 0.585 bits per heavy atom. The van der Waals surface area contributed by atoms with Crippen LogP contribution in [0.3, 0.4) is 0 Å². The number of carbonyl (C=O) groups excluding carboxylic acids is 11. The van der Waals surface area contributed by atoms with Crippen molar-refractivity contribution in [2.75, 3.05) is 61.9 Å². The third-order valence-electron chi connectivity index (χ3n) is 16.1. The molecule has 2 fully saturated rings. The summed E-state index contributed by atoms with van der Waals surface area (Å²) in [5, 5.41) is 22.1. The van der Waals surface area contributed by atoms with Crippen molar-refractivity contribution in [3.05, 3.63) is 35.9 Å². The zero-order valence-corrected chi connectivity index (χ0v) is 51.8. The van der Waals surface area contributed by atoms with E-state index in [1.165, 1.54) is 72.9 Å². The smallest absolute Gasteiger partial charge is 0.248 e. The minimum atomic E-state index is -1.63. The number of amides is 11. The van der Waals surface area contributed by atoms with Gasteiger partial charge in [0.25, 0.3) is 0 Å². The molecule has 11 atom stereocenters. The molecule has 2 saturated heterocycles. The predicted octanol–water partition coefficient (Wildman–Crippen LogP) is 1.39. The molecule has 82 heavy (non-hydrogen) atoms. The lowest BCUT2D eigenvalue weighted by molar-refractivity contribution is -0.153. The number of aliphatic hydroxyl groups is 1. The number of hydrogen-bond donors (Lipinski definition) is 5. The fourth-order valence-electron chi connectivity index (χ4n) is 10.5. The van der Waals surface area contributed by atoms with Crippen LogP contribution in [0.5, 0.6) is 0 Å². The van der Waals surface area contributed by atoms with Gasteiger partial charge in [0.05, 0.1) is 19.1 Å². The molecule has 0 bridgehead atoms. The molecule has 2 aliphatic rings. The van der Waals surface area contributed by atoms with Gasteiger partial charge in [-0.1, -0.05) is 92.1 Å². The number of nitrogens with one attached hydrogen (secondary N) is 4. The lowest BCUT2D eigenvalue weighted by Gasteiger charge is -2.39. The Morgan fingerprint density at radius 3 is 1.66 bits per heavy atom. The van der Waals surface area contributed by atoms with E-state index in [0.717, 1.165) is 26.0 Å². The van der Waals surface area contributed by atoms with Gasteiger partial charge in [0.15, 0.2) is 0 Å². The third kappa shape index (κ3) is 18.7. The van der Waals surface area contributed by atoms with E-state index in [-0.39, 0.29) is 31.1 Å². The molecule has 0 unspecified atom stereocenters. The normalized spacial score (nSPS) is 26.9.